The molecule has 132 valence electrons. The normalized spacial score (nSPS) is 10.8. The van der Waals surface area contributed by atoms with Gasteiger partial charge in [0, 0.05) is 24.2 Å². The second-order valence-corrected chi connectivity index (χ2v) is 6.65. The third-order valence-corrected chi connectivity index (χ3v) is 4.37. The molecule has 0 bridgehead atoms. The van der Waals surface area contributed by atoms with Crippen LogP contribution in [-0.4, -0.2) is 26.1 Å². The van der Waals surface area contributed by atoms with Crippen molar-refractivity contribution in [3.05, 3.63) is 66.7 Å². The summed E-state index contributed by atoms with van der Waals surface area (Å²) in [5.74, 6) is 0. The topological polar surface area (TPSA) is 118 Å². The molecule has 0 radical (unpaired) electrons. The van der Waals surface area contributed by atoms with E-state index in [1.807, 2.05) is 0 Å². The summed E-state index contributed by atoms with van der Waals surface area (Å²) in [5.41, 5.74) is 11.9. The average molecular weight is 359 g/mol. The van der Waals surface area contributed by atoms with Crippen LogP contribution in [0.2, 0.25) is 0 Å². The smallest absolute Gasteiger partial charge is 0.296 e. The highest BCUT2D eigenvalue weighted by atomic mass is 32.2. The number of hydrogen-bond acceptors (Lipinski definition) is 5. The fraction of sp³-hybridized carbons (Fsp3) is 0.111. The molecule has 0 aliphatic rings. The Morgan fingerprint density at radius 2 is 1.56 bits per heavy atom. The zero-order valence-corrected chi connectivity index (χ0v) is 14.4. The number of fused-ring (bicyclic) bond motifs is 1. The standard InChI is InChI=1S/C12H14N2.C6H7NO3S/c13-8-9-14-12-7-3-5-10-4-1-2-6-11(10)12;7-5-3-1-2-4-6(5)11(8,9)10/h1-7,14H,8-9,13H2;1-4H,7H2,(H,8,9,10). The summed E-state index contributed by atoms with van der Waals surface area (Å²) < 4.78 is 29.6. The first kappa shape index (κ1) is 18.7. The maximum absolute atomic E-state index is 10.5. The molecule has 3 rings (SSSR count). The third kappa shape index (κ3) is 5.18. The van der Waals surface area contributed by atoms with Crippen molar-refractivity contribution in [3.63, 3.8) is 0 Å². The van der Waals surface area contributed by atoms with Gasteiger partial charge in [0.2, 0.25) is 0 Å². The molecule has 0 atom stereocenters. The average Bonchev–Trinajstić information content (AvgIpc) is 2.60. The number of nitrogens with two attached hydrogens (primary N) is 2. The minimum atomic E-state index is -4.16. The lowest BCUT2D eigenvalue weighted by atomic mass is 10.1. The van der Waals surface area contributed by atoms with Crippen LogP contribution in [0.4, 0.5) is 11.4 Å². The first-order valence-corrected chi connectivity index (χ1v) is 9.11. The predicted molar refractivity (Wildman–Crippen MR) is 102 cm³/mol. The largest absolute Gasteiger partial charge is 0.398 e. The second-order valence-electron chi connectivity index (χ2n) is 5.26. The highest BCUT2D eigenvalue weighted by molar-refractivity contribution is 7.86. The van der Waals surface area contributed by atoms with Crippen molar-refractivity contribution in [2.24, 2.45) is 5.73 Å². The van der Waals surface area contributed by atoms with E-state index in [9.17, 15) is 8.42 Å². The minimum absolute atomic E-state index is 0.0509. The quantitative estimate of drug-likeness (QED) is 0.420. The summed E-state index contributed by atoms with van der Waals surface area (Å²) >= 11 is 0. The summed E-state index contributed by atoms with van der Waals surface area (Å²) in [6.07, 6.45) is 0. The van der Waals surface area contributed by atoms with Crippen molar-refractivity contribution in [2.75, 3.05) is 24.1 Å². The van der Waals surface area contributed by atoms with Crippen LogP contribution < -0.4 is 16.8 Å². The molecule has 0 unspecified atom stereocenters. The Balaban J connectivity index is 0.000000186. The van der Waals surface area contributed by atoms with Crippen molar-refractivity contribution in [3.8, 4) is 0 Å². The maximum Gasteiger partial charge on any atom is 0.296 e. The van der Waals surface area contributed by atoms with Gasteiger partial charge in [-0.25, -0.2) is 0 Å². The van der Waals surface area contributed by atoms with Crippen molar-refractivity contribution < 1.29 is 13.0 Å². The van der Waals surface area contributed by atoms with Gasteiger partial charge in [-0.2, -0.15) is 8.42 Å². The molecule has 0 fully saturated rings. The van der Waals surface area contributed by atoms with Gasteiger partial charge in [-0.3, -0.25) is 4.55 Å². The Morgan fingerprint density at radius 1 is 0.920 bits per heavy atom. The van der Waals surface area contributed by atoms with Crippen LogP contribution in [0.25, 0.3) is 10.8 Å². The summed E-state index contributed by atoms with van der Waals surface area (Å²) in [6.45, 7) is 1.47. The molecule has 0 aliphatic carbocycles. The lowest BCUT2D eigenvalue weighted by Crippen LogP contribution is -2.13. The van der Waals surface area contributed by atoms with Crippen LogP contribution in [0.15, 0.2) is 71.6 Å². The van der Waals surface area contributed by atoms with Crippen LogP contribution in [-0.2, 0) is 10.1 Å². The van der Waals surface area contributed by atoms with E-state index in [2.05, 4.69) is 47.8 Å². The zero-order valence-electron chi connectivity index (χ0n) is 13.6. The number of anilines is 2. The molecule has 0 heterocycles. The number of nitrogen functional groups attached to an aromatic ring is 1. The second kappa shape index (κ2) is 8.48. The van der Waals surface area contributed by atoms with Crippen LogP contribution in [0.3, 0.4) is 0 Å². The Kier molecular flexibility index (Phi) is 6.35. The van der Waals surface area contributed by atoms with Gasteiger partial charge in [0.1, 0.15) is 4.90 Å². The highest BCUT2D eigenvalue weighted by Gasteiger charge is 2.11. The molecule has 3 aromatic rings. The molecule has 0 aliphatic heterocycles. The van der Waals surface area contributed by atoms with Crippen molar-refractivity contribution in [1.29, 1.82) is 0 Å². The summed E-state index contributed by atoms with van der Waals surface area (Å²) in [6, 6.07) is 20.3. The van der Waals surface area contributed by atoms with E-state index in [-0.39, 0.29) is 10.6 Å². The first-order valence-electron chi connectivity index (χ1n) is 7.67. The van der Waals surface area contributed by atoms with E-state index in [0.717, 1.165) is 12.2 Å². The van der Waals surface area contributed by atoms with Gasteiger partial charge < -0.3 is 16.8 Å². The predicted octanol–water partition coefficient (Wildman–Crippen LogP) is 2.73. The van der Waals surface area contributed by atoms with Gasteiger partial charge in [-0.15, -0.1) is 0 Å². The Morgan fingerprint density at radius 3 is 2.20 bits per heavy atom. The van der Waals surface area contributed by atoms with E-state index >= 15 is 0 Å². The van der Waals surface area contributed by atoms with Crippen LogP contribution in [0, 0.1) is 0 Å². The number of nitrogens with one attached hydrogen (secondary N) is 1. The molecule has 0 spiro atoms. The number of para-hydroxylation sites is 1. The van der Waals surface area contributed by atoms with E-state index < -0.39 is 10.1 Å². The van der Waals surface area contributed by atoms with Crippen molar-refractivity contribution >= 4 is 32.3 Å². The molecule has 0 saturated carbocycles. The molecule has 0 aromatic heterocycles. The zero-order chi connectivity index (χ0) is 18.3. The lowest BCUT2D eigenvalue weighted by molar-refractivity contribution is 0.483. The Bertz CT molecular complexity index is 938. The highest BCUT2D eigenvalue weighted by Crippen LogP contribution is 2.22. The lowest BCUT2D eigenvalue weighted by Gasteiger charge is -2.08. The van der Waals surface area contributed by atoms with E-state index in [4.69, 9.17) is 16.0 Å². The van der Waals surface area contributed by atoms with Crippen LogP contribution >= 0.6 is 0 Å². The minimum Gasteiger partial charge on any atom is -0.398 e. The van der Waals surface area contributed by atoms with Gasteiger partial charge >= 0.3 is 0 Å². The maximum atomic E-state index is 10.5. The molecule has 6 nitrogen and oxygen atoms in total. The van der Waals surface area contributed by atoms with E-state index in [0.29, 0.717) is 6.54 Å². The monoisotopic (exact) mass is 359 g/mol. The van der Waals surface area contributed by atoms with E-state index in [1.165, 1.54) is 29.0 Å². The van der Waals surface area contributed by atoms with Gasteiger partial charge in [0.25, 0.3) is 10.1 Å². The number of hydrogen-bond donors (Lipinski definition) is 4. The van der Waals surface area contributed by atoms with Gasteiger partial charge in [0.05, 0.1) is 5.69 Å². The first-order chi connectivity index (χ1) is 11.9. The van der Waals surface area contributed by atoms with Crippen LogP contribution in [0.1, 0.15) is 0 Å². The van der Waals surface area contributed by atoms with E-state index in [1.54, 1.807) is 6.07 Å². The Hall–Kier alpha value is -2.61. The molecular formula is C18H21N3O3S. The molecular weight excluding hydrogens is 338 g/mol. The summed E-state index contributed by atoms with van der Waals surface area (Å²) in [5, 5.41) is 5.82. The van der Waals surface area contributed by atoms with Gasteiger partial charge in [-0.05, 0) is 23.6 Å². The SMILES string of the molecule is NCCNc1cccc2ccccc12.Nc1ccccc1S(=O)(=O)O. The molecule has 0 saturated heterocycles. The Labute approximate surface area is 147 Å². The van der Waals surface area contributed by atoms with Crippen molar-refractivity contribution in [1.82, 2.24) is 0 Å². The van der Waals surface area contributed by atoms with Gasteiger partial charge in [0.15, 0.2) is 0 Å². The molecule has 7 heteroatoms. The third-order valence-electron chi connectivity index (χ3n) is 3.45. The van der Waals surface area contributed by atoms with Crippen LogP contribution in [0.5, 0.6) is 0 Å². The molecule has 6 N–H and O–H groups in total. The van der Waals surface area contributed by atoms with Gasteiger partial charge in [-0.1, -0.05) is 48.5 Å². The number of rotatable bonds is 4. The fourth-order valence-electron chi connectivity index (χ4n) is 2.30. The molecule has 0 amide bonds. The number of benzene rings is 3. The summed E-state index contributed by atoms with van der Waals surface area (Å²) in [4.78, 5) is -0.250. The molecule has 25 heavy (non-hydrogen) atoms. The van der Waals surface area contributed by atoms with Crippen molar-refractivity contribution in [2.45, 2.75) is 4.90 Å². The summed E-state index contributed by atoms with van der Waals surface area (Å²) in [7, 11) is -4.16. The fourth-order valence-corrected chi connectivity index (χ4v) is 2.92. The molecule has 3 aromatic carbocycles.